The molecule has 258 valence electrons. The Kier molecular flexibility index (Phi) is 11.9. The van der Waals surface area contributed by atoms with Gasteiger partial charge in [-0.05, 0) is 41.7 Å². The summed E-state index contributed by atoms with van der Waals surface area (Å²) >= 11 is 0. The van der Waals surface area contributed by atoms with Gasteiger partial charge in [-0.15, -0.1) is 6.26 Å². The van der Waals surface area contributed by atoms with Crippen molar-refractivity contribution in [3.63, 3.8) is 0 Å². The van der Waals surface area contributed by atoms with Crippen molar-refractivity contribution in [3.8, 4) is 0 Å². The maximum Gasteiger partial charge on any atom is 0.407 e. The Hall–Kier alpha value is -5.36. The van der Waals surface area contributed by atoms with E-state index < -0.39 is 24.3 Å². The molecule has 0 aromatic heterocycles. The molecule has 5 rings (SSSR count). The fraction of sp³-hybridized carbons (Fsp3) is 0.324. The van der Waals surface area contributed by atoms with Crippen LogP contribution in [0.3, 0.4) is 0 Å². The Morgan fingerprint density at radius 2 is 1.67 bits per heavy atom. The number of amides is 4. The third kappa shape index (κ3) is 8.57. The Labute approximate surface area is 286 Å². The zero-order chi connectivity index (χ0) is 34.8. The summed E-state index contributed by atoms with van der Waals surface area (Å²) in [4.78, 5) is 43.3. The predicted octanol–water partition coefficient (Wildman–Crippen LogP) is 3.76. The first-order valence-electron chi connectivity index (χ1n) is 16.3. The zero-order valence-electron chi connectivity index (χ0n) is 27.5. The number of carbonyl (C=O) groups is 3. The van der Waals surface area contributed by atoms with Crippen molar-refractivity contribution >= 4 is 18.0 Å². The van der Waals surface area contributed by atoms with Crippen LogP contribution >= 0.6 is 0 Å². The Morgan fingerprint density at radius 3 is 2.29 bits per heavy atom. The highest BCUT2D eigenvalue weighted by atomic mass is 19.1. The number of alkyl carbamates (subject to hydrolysis) is 1. The van der Waals surface area contributed by atoms with E-state index in [2.05, 4.69) is 41.5 Å². The molecule has 0 saturated carbocycles. The molecule has 2 saturated heterocycles. The maximum atomic E-state index is 13.9. The summed E-state index contributed by atoms with van der Waals surface area (Å²) in [7, 11) is 1.68. The molecule has 2 aliphatic heterocycles. The fourth-order valence-corrected chi connectivity index (χ4v) is 6.50. The van der Waals surface area contributed by atoms with E-state index in [0.29, 0.717) is 25.1 Å². The van der Waals surface area contributed by atoms with E-state index in [9.17, 15) is 23.9 Å². The van der Waals surface area contributed by atoms with Crippen LogP contribution in [-0.4, -0.2) is 89.9 Å². The number of benzene rings is 3. The van der Waals surface area contributed by atoms with Crippen LogP contribution in [0.1, 0.15) is 35.4 Å². The maximum absolute atomic E-state index is 13.9. The van der Waals surface area contributed by atoms with Gasteiger partial charge in [0.15, 0.2) is 0 Å². The van der Waals surface area contributed by atoms with Crippen molar-refractivity contribution in [3.05, 3.63) is 132 Å². The molecule has 12 heteroatoms. The molecule has 0 aliphatic carbocycles. The van der Waals surface area contributed by atoms with Gasteiger partial charge in [0.05, 0.1) is 19.1 Å². The Bertz CT molecular complexity index is 1570. The van der Waals surface area contributed by atoms with E-state index in [1.165, 1.54) is 23.2 Å². The number of nitrogens with zero attached hydrogens (tertiary/aromatic N) is 4. The summed E-state index contributed by atoms with van der Waals surface area (Å²) in [5, 5.41) is 21.7. The third-order valence-corrected chi connectivity index (χ3v) is 8.80. The molecular weight excluding hydrogens is 627 g/mol. The van der Waals surface area contributed by atoms with Crippen LogP contribution in [-0.2, 0) is 16.1 Å². The average molecular weight is 670 g/mol. The SMILES string of the molecule is C=CCOC(=O)NCCC[C@H]1/C(=C/[O-])N(CC(c2ccccc2)c2ccccc2)C[C@H]2N1C(=O)CN(C)N2C(=O)NCc1ccc(F)cc1. The van der Waals surface area contributed by atoms with Crippen LogP contribution in [0.25, 0.3) is 0 Å². The molecule has 0 unspecified atom stereocenters. The lowest BCUT2D eigenvalue weighted by atomic mass is 9.89. The summed E-state index contributed by atoms with van der Waals surface area (Å²) in [5.74, 6) is -0.715. The van der Waals surface area contributed by atoms with Crippen molar-refractivity contribution < 1.29 is 28.6 Å². The van der Waals surface area contributed by atoms with Crippen molar-refractivity contribution in [2.45, 2.75) is 37.5 Å². The first kappa shape index (κ1) is 35.0. The van der Waals surface area contributed by atoms with Gasteiger partial charge in [0.1, 0.15) is 18.6 Å². The second-order valence-corrected chi connectivity index (χ2v) is 12.0. The molecule has 2 atom stereocenters. The molecule has 2 N–H and O–H groups in total. The third-order valence-electron chi connectivity index (χ3n) is 8.80. The van der Waals surface area contributed by atoms with Crippen LogP contribution in [0.5, 0.6) is 0 Å². The van der Waals surface area contributed by atoms with Gasteiger partial charge >= 0.3 is 12.1 Å². The molecule has 4 amide bonds. The van der Waals surface area contributed by atoms with Gasteiger partial charge in [-0.1, -0.05) is 85.5 Å². The summed E-state index contributed by atoms with van der Waals surface area (Å²) in [5.41, 5.74) is 3.28. The van der Waals surface area contributed by atoms with Gasteiger partial charge in [-0.2, -0.15) is 0 Å². The lowest BCUT2D eigenvalue weighted by Crippen LogP contribution is -2.74. The van der Waals surface area contributed by atoms with Gasteiger partial charge in [-0.25, -0.2) is 24.0 Å². The Balaban J connectivity index is 1.45. The smallest absolute Gasteiger partial charge is 0.407 e. The minimum absolute atomic E-state index is 0.0764. The van der Waals surface area contributed by atoms with Crippen LogP contribution in [0, 0.1) is 5.82 Å². The number of likely N-dealkylation sites (N-methyl/N-ethyl adjacent to an activating group) is 1. The monoisotopic (exact) mass is 669 g/mol. The molecule has 0 spiro atoms. The summed E-state index contributed by atoms with van der Waals surface area (Å²) in [6.07, 6.45) is 1.74. The van der Waals surface area contributed by atoms with Crippen molar-refractivity contribution in [1.82, 2.24) is 30.5 Å². The molecule has 49 heavy (non-hydrogen) atoms. The largest absolute Gasteiger partial charge is 0.877 e. The average Bonchev–Trinajstić information content (AvgIpc) is 3.11. The number of fused-ring (bicyclic) bond motifs is 1. The zero-order valence-corrected chi connectivity index (χ0v) is 27.5. The van der Waals surface area contributed by atoms with Crippen LogP contribution in [0.4, 0.5) is 14.0 Å². The number of piperazine rings is 1. The molecule has 2 aliphatic rings. The van der Waals surface area contributed by atoms with Crippen molar-refractivity contribution in [2.75, 3.05) is 39.8 Å². The van der Waals surface area contributed by atoms with E-state index in [0.717, 1.165) is 23.0 Å². The topological polar surface area (TPSA) is 121 Å². The lowest BCUT2D eigenvalue weighted by molar-refractivity contribution is -0.280. The van der Waals surface area contributed by atoms with Gasteiger partial charge in [-0.3, -0.25) is 4.79 Å². The highest BCUT2D eigenvalue weighted by Crippen LogP contribution is 2.35. The van der Waals surface area contributed by atoms with E-state index in [1.54, 1.807) is 29.1 Å². The van der Waals surface area contributed by atoms with E-state index in [-0.39, 0.29) is 50.4 Å². The van der Waals surface area contributed by atoms with E-state index in [1.807, 2.05) is 41.3 Å². The molecule has 11 nitrogen and oxygen atoms in total. The van der Waals surface area contributed by atoms with Crippen LogP contribution in [0.2, 0.25) is 0 Å². The van der Waals surface area contributed by atoms with Gasteiger partial charge in [0, 0.05) is 38.3 Å². The molecular formula is C37H42FN6O5-. The van der Waals surface area contributed by atoms with E-state index in [4.69, 9.17) is 4.74 Å². The second-order valence-electron chi connectivity index (χ2n) is 12.0. The molecule has 3 aromatic carbocycles. The Morgan fingerprint density at radius 1 is 1.02 bits per heavy atom. The molecule has 0 radical (unpaired) electrons. The quantitative estimate of drug-likeness (QED) is 0.171. The summed E-state index contributed by atoms with van der Waals surface area (Å²) in [6.45, 7) is 4.55. The fourth-order valence-electron chi connectivity index (χ4n) is 6.50. The highest BCUT2D eigenvalue weighted by Gasteiger charge is 2.48. The minimum atomic E-state index is -0.745. The van der Waals surface area contributed by atoms with Crippen LogP contribution < -0.4 is 15.7 Å². The normalized spacial score (nSPS) is 18.7. The van der Waals surface area contributed by atoms with Crippen LogP contribution in [0.15, 0.2) is 110 Å². The number of hydrogen-bond acceptors (Lipinski definition) is 7. The molecule has 3 aromatic rings. The lowest BCUT2D eigenvalue weighted by Gasteiger charge is -2.57. The van der Waals surface area contributed by atoms with Crippen molar-refractivity contribution in [1.29, 1.82) is 0 Å². The van der Waals surface area contributed by atoms with Gasteiger partial charge in [0.25, 0.3) is 0 Å². The van der Waals surface area contributed by atoms with Gasteiger partial charge in [0.2, 0.25) is 5.91 Å². The van der Waals surface area contributed by atoms with E-state index >= 15 is 0 Å². The number of carbonyl (C=O) groups excluding carboxylic acids is 3. The number of hydrazine groups is 1. The molecule has 0 bridgehead atoms. The van der Waals surface area contributed by atoms with Crippen molar-refractivity contribution in [2.24, 2.45) is 0 Å². The number of halogens is 1. The summed E-state index contributed by atoms with van der Waals surface area (Å²) in [6, 6.07) is 24.8. The number of hydrogen-bond donors (Lipinski definition) is 2. The molecule has 2 heterocycles. The predicted molar refractivity (Wildman–Crippen MR) is 181 cm³/mol. The standard InChI is InChI=1S/C37H43FN6O5/c1-3-21-49-37(48)39-20-10-15-32-33(26-45)42(23-31(28-11-6-4-7-12-28)29-13-8-5-9-14-29)24-34-43(32)35(46)25-41(2)44(34)36(47)40-22-27-16-18-30(38)19-17-27/h3-9,11-14,16-19,26,31-32,34,45H,1,10,15,20-25H2,2H3,(H,39,48)(H,40,47)/p-1/b33-26-/t32-,34-/m0/s1. The molecule has 2 fully saturated rings. The first-order valence-corrected chi connectivity index (χ1v) is 16.3. The minimum Gasteiger partial charge on any atom is -0.877 e. The highest BCUT2D eigenvalue weighted by molar-refractivity contribution is 5.83. The van der Waals surface area contributed by atoms with Gasteiger partial charge < -0.3 is 30.3 Å². The second kappa shape index (κ2) is 16.6. The number of rotatable bonds is 12. The summed E-state index contributed by atoms with van der Waals surface area (Å²) < 4.78 is 18.5. The first-order chi connectivity index (χ1) is 23.8. The number of urea groups is 1. The number of nitrogens with one attached hydrogen (secondary N) is 2. The number of ether oxygens (including phenoxy) is 1.